The number of hydrogen-bond acceptors (Lipinski definition) is 3. The molecule has 0 radical (unpaired) electrons. The third kappa shape index (κ3) is 5.65. The second-order valence-electron chi connectivity index (χ2n) is 5.63. The van der Waals surface area contributed by atoms with Crippen LogP contribution >= 0.6 is 35.8 Å². The molecule has 2 unspecified atom stereocenters. The first kappa shape index (κ1) is 19.6. The van der Waals surface area contributed by atoms with Gasteiger partial charge in [-0.25, -0.2) is 0 Å². The van der Waals surface area contributed by atoms with Crippen LogP contribution in [0.3, 0.4) is 0 Å². The largest absolute Gasteiger partial charge is 0.337 e. The van der Waals surface area contributed by atoms with Gasteiger partial charge in [0.1, 0.15) is 0 Å². The number of nitrogens with two attached hydrogens (primary N) is 1. The second kappa shape index (κ2) is 9.66. The van der Waals surface area contributed by atoms with E-state index in [9.17, 15) is 4.79 Å². The number of nitrogens with zero attached hydrogens (tertiary/aromatic N) is 1. The highest BCUT2D eigenvalue weighted by molar-refractivity contribution is 7.99. The fourth-order valence-corrected chi connectivity index (χ4v) is 3.85. The Bertz CT molecular complexity index is 485. The molecule has 124 valence electrons. The highest BCUT2D eigenvalue weighted by Crippen LogP contribution is 2.22. The SMILES string of the molecule is CC(N)C1CCCCN1C(=O)CSCc1cccc(Cl)c1.Cl. The van der Waals surface area contributed by atoms with Crippen molar-refractivity contribution in [3.63, 3.8) is 0 Å². The smallest absolute Gasteiger partial charge is 0.232 e. The number of amides is 1. The Hall–Kier alpha value is -0.420. The summed E-state index contributed by atoms with van der Waals surface area (Å²) in [5, 5.41) is 0.743. The molecule has 2 N–H and O–H groups in total. The zero-order chi connectivity index (χ0) is 15.2. The topological polar surface area (TPSA) is 46.3 Å². The van der Waals surface area contributed by atoms with Crippen molar-refractivity contribution in [2.75, 3.05) is 12.3 Å². The maximum absolute atomic E-state index is 12.4. The van der Waals surface area contributed by atoms with Crippen molar-refractivity contribution in [2.45, 2.75) is 44.0 Å². The maximum Gasteiger partial charge on any atom is 0.232 e. The van der Waals surface area contributed by atoms with E-state index in [1.54, 1.807) is 11.8 Å². The molecule has 2 rings (SSSR count). The molecule has 22 heavy (non-hydrogen) atoms. The van der Waals surface area contributed by atoms with Crippen molar-refractivity contribution in [3.05, 3.63) is 34.9 Å². The van der Waals surface area contributed by atoms with Gasteiger partial charge in [-0.05, 0) is 43.9 Å². The number of thioether (sulfide) groups is 1. The summed E-state index contributed by atoms with van der Waals surface area (Å²) < 4.78 is 0. The van der Waals surface area contributed by atoms with E-state index in [1.165, 1.54) is 6.42 Å². The van der Waals surface area contributed by atoms with Crippen LogP contribution in [0.2, 0.25) is 5.02 Å². The summed E-state index contributed by atoms with van der Waals surface area (Å²) in [4.78, 5) is 14.4. The van der Waals surface area contributed by atoms with Crippen molar-refractivity contribution < 1.29 is 4.79 Å². The molecular formula is C16H24Cl2N2OS. The van der Waals surface area contributed by atoms with Crippen molar-refractivity contribution in [1.29, 1.82) is 0 Å². The van der Waals surface area contributed by atoms with Crippen molar-refractivity contribution >= 4 is 41.7 Å². The Morgan fingerprint density at radius 1 is 1.50 bits per heavy atom. The normalized spacial score (nSPS) is 19.4. The van der Waals surface area contributed by atoms with E-state index in [-0.39, 0.29) is 30.4 Å². The number of carbonyl (C=O) groups is 1. The summed E-state index contributed by atoms with van der Waals surface area (Å²) in [6.45, 7) is 2.85. The van der Waals surface area contributed by atoms with E-state index in [0.717, 1.165) is 35.7 Å². The molecule has 1 aliphatic rings. The van der Waals surface area contributed by atoms with E-state index in [2.05, 4.69) is 0 Å². The van der Waals surface area contributed by atoms with Gasteiger partial charge in [-0.1, -0.05) is 23.7 Å². The van der Waals surface area contributed by atoms with Crippen LogP contribution in [0.25, 0.3) is 0 Å². The van der Waals surface area contributed by atoms with Crippen LogP contribution in [0.4, 0.5) is 0 Å². The minimum atomic E-state index is 0. The first-order chi connectivity index (χ1) is 10.1. The van der Waals surface area contributed by atoms with Gasteiger partial charge in [0.15, 0.2) is 0 Å². The lowest BCUT2D eigenvalue weighted by Crippen LogP contribution is -2.52. The van der Waals surface area contributed by atoms with Crippen molar-refractivity contribution in [2.24, 2.45) is 5.73 Å². The Morgan fingerprint density at radius 2 is 2.27 bits per heavy atom. The number of hydrogen-bond donors (Lipinski definition) is 1. The Kier molecular flexibility index (Phi) is 8.62. The van der Waals surface area contributed by atoms with Gasteiger partial charge in [0, 0.05) is 29.4 Å². The van der Waals surface area contributed by atoms with E-state index < -0.39 is 0 Å². The average molecular weight is 363 g/mol. The van der Waals surface area contributed by atoms with E-state index in [4.69, 9.17) is 17.3 Å². The minimum Gasteiger partial charge on any atom is -0.337 e. The minimum absolute atomic E-state index is 0. The fourth-order valence-electron chi connectivity index (χ4n) is 2.78. The van der Waals surface area contributed by atoms with Gasteiger partial charge in [-0.2, -0.15) is 0 Å². The Balaban J connectivity index is 0.00000242. The number of halogens is 2. The first-order valence-electron chi connectivity index (χ1n) is 7.45. The van der Waals surface area contributed by atoms with Gasteiger partial charge in [0.2, 0.25) is 5.91 Å². The maximum atomic E-state index is 12.4. The van der Waals surface area contributed by atoms with Gasteiger partial charge in [-0.15, -0.1) is 24.2 Å². The highest BCUT2D eigenvalue weighted by atomic mass is 35.5. The molecule has 1 amide bonds. The van der Waals surface area contributed by atoms with Crippen molar-refractivity contribution in [3.8, 4) is 0 Å². The lowest BCUT2D eigenvalue weighted by atomic mass is 9.97. The highest BCUT2D eigenvalue weighted by Gasteiger charge is 2.28. The molecule has 1 heterocycles. The lowest BCUT2D eigenvalue weighted by Gasteiger charge is -2.38. The molecule has 6 heteroatoms. The molecule has 1 fully saturated rings. The number of benzene rings is 1. The molecular weight excluding hydrogens is 339 g/mol. The average Bonchev–Trinajstić information content (AvgIpc) is 2.47. The van der Waals surface area contributed by atoms with Crippen LogP contribution in [0.1, 0.15) is 31.7 Å². The van der Waals surface area contributed by atoms with Crippen LogP contribution in [-0.4, -0.2) is 35.2 Å². The molecule has 0 bridgehead atoms. The molecule has 1 aromatic rings. The van der Waals surface area contributed by atoms with Gasteiger partial charge >= 0.3 is 0 Å². The summed E-state index contributed by atoms with van der Waals surface area (Å²) >= 11 is 7.60. The monoisotopic (exact) mass is 362 g/mol. The summed E-state index contributed by atoms with van der Waals surface area (Å²) in [5.74, 6) is 1.53. The van der Waals surface area contributed by atoms with Gasteiger partial charge < -0.3 is 10.6 Å². The molecule has 1 aromatic carbocycles. The number of rotatable bonds is 5. The molecule has 3 nitrogen and oxygen atoms in total. The first-order valence-corrected chi connectivity index (χ1v) is 8.98. The molecule has 0 spiro atoms. The van der Waals surface area contributed by atoms with Gasteiger partial charge in [0.25, 0.3) is 0 Å². The third-order valence-corrected chi connectivity index (χ3v) is 5.08. The summed E-state index contributed by atoms with van der Waals surface area (Å²) in [7, 11) is 0. The van der Waals surface area contributed by atoms with E-state index in [0.29, 0.717) is 5.75 Å². The number of carbonyl (C=O) groups excluding carboxylic acids is 1. The van der Waals surface area contributed by atoms with E-state index in [1.807, 2.05) is 36.1 Å². The predicted molar refractivity (Wildman–Crippen MR) is 97.9 cm³/mol. The number of likely N-dealkylation sites (tertiary alicyclic amines) is 1. The Labute approximate surface area is 148 Å². The molecule has 2 atom stereocenters. The predicted octanol–water partition coefficient (Wildman–Crippen LogP) is 3.72. The second-order valence-corrected chi connectivity index (χ2v) is 7.05. The third-order valence-electron chi connectivity index (χ3n) is 3.86. The Morgan fingerprint density at radius 3 is 2.95 bits per heavy atom. The number of piperidine rings is 1. The lowest BCUT2D eigenvalue weighted by molar-refractivity contribution is -0.132. The molecule has 0 aliphatic carbocycles. The van der Waals surface area contributed by atoms with Crippen molar-refractivity contribution in [1.82, 2.24) is 4.90 Å². The fraction of sp³-hybridized carbons (Fsp3) is 0.562. The quantitative estimate of drug-likeness (QED) is 0.867. The van der Waals surface area contributed by atoms with Crippen LogP contribution < -0.4 is 5.73 Å². The summed E-state index contributed by atoms with van der Waals surface area (Å²) in [6, 6.07) is 8.04. The molecule has 0 aromatic heterocycles. The molecule has 1 saturated heterocycles. The summed E-state index contributed by atoms with van der Waals surface area (Å²) in [5.41, 5.74) is 7.17. The molecule has 1 aliphatic heterocycles. The van der Waals surface area contributed by atoms with E-state index >= 15 is 0 Å². The van der Waals surface area contributed by atoms with Gasteiger partial charge in [0.05, 0.1) is 5.75 Å². The van der Waals surface area contributed by atoms with Crippen LogP contribution in [0, 0.1) is 0 Å². The zero-order valence-electron chi connectivity index (χ0n) is 12.8. The van der Waals surface area contributed by atoms with Crippen LogP contribution in [-0.2, 0) is 10.5 Å². The van der Waals surface area contributed by atoms with Gasteiger partial charge in [-0.3, -0.25) is 4.79 Å². The standard InChI is InChI=1S/C16H23ClN2OS.ClH/c1-12(18)15-7-2-3-8-19(15)16(20)11-21-10-13-5-4-6-14(17)9-13;/h4-6,9,12,15H,2-3,7-8,10-11,18H2,1H3;1H. The van der Waals surface area contributed by atoms with Crippen LogP contribution in [0.15, 0.2) is 24.3 Å². The van der Waals surface area contributed by atoms with Crippen LogP contribution in [0.5, 0.6) is 0 Å². The zero-order valence-corrected chi connectivity index (χ0v) is 15.2. The summed E-state index contributed by atoms with van der Waals surface area (Å²) in [6.07, 6.45) is 3.29. The molecule has 0 saturated carbocycles.